The predicted octanol–water partition coefficient (Wildman–Crippen LogP) is 2.99. The number of halogens is 1. The van der Waals surface area contributed by atoms with Crippen molar-refractivity contribution >= 4 is 17.3 Å². The molecule has 2 aromatic rings. The van der Waals surface area contributed by atoms with E-state index in [-0.39, 0.29) is 0 Å². The fraction of sp³-hybridized carbons (Fsp3) is 0.267. The third-order valence-electron chi connectivity index (χ3n) is 3.22. The fourth-order valence-corrected chi connectivity index (χ4v) is 2.40. The van der Waals surface area contributed by atoms with Crippen molar-refractivity contribution in [3.8, 4) is 12.1 Å². The van der Waals surface area contributed by atoms with E-state index in [0.717, 1.165) is 23.5 Å². The Bertz CT molecular complexity index is 749. The zero-order valence-electron chi connectivity index (χ0n) is 11.8. The van der Waals surface area contributed by atoms with Crippen LogP contribution in [-0.2, 0) is 20.0 Å². The highest BCUT2D eigenvalue weighted by Gasteiger charge is 2.12. The summed E-state index contributed by atoms with van der Waals surface area (Å²) in [4.78, 5) is 0. The molecule has 21 heavy (non-hydrogen) atoms. The first-order chi connectivity index (χ1) is 10.1. The van der Waals surface area contributed by atoms with Crippen molar-refractivity contribution in [1.29, 1.82) is 10.5 Å². The van der Waals surface area contributed by atoms with E-state index in [1.54, 1.807) is 22.9 Å². The Labute approximate surface area is 128 Å². The summed E-state index contributed by atoms with van der Waals surface area (Å²) in [5, 5.41) is 26.1. The zero-order chi connectivity index (χ0) is 15.4. The number of hydrogen-bond donors (Lipinski definition) is 1. The van der Waals surface area contributed by atoms with Crippen molar-refractivity contribution in [3.05, 3.63) is 45.7 Å². The lowest BCUT2D eigenvalue weighted by molar-refractivity contribution is 0.707. The molecule has 0 fully saturated rings. The monoisotopic (exact) mass is 299 g/mol. The van der Waals surface area contributed by atoms with Gasteiger partial charge < -0.3 is 5.32 Å². The Balaban J connectivity index is 2.20. The number of anilines is 1. The lowest BCUT2D eigenvalue weighted by atomic mass is 10.1. The molecule has 0 aliphatic heterocycles. The standard InChI is InChI=1S/C15H14ClN5/c1-3-13-15(16)14(21(2)20-13)9-19-12-5-4-10(7-17)11(6-12)8-18/h4-6,19H,3,9H2,1-2H3. The molecule has 1 N–H and O–H groups in total. The van der Waals surface area contributed by atoms with Crippen LogP contribution in [0.1, 0.15) is 29.4 Å². The van der Waals surface area contributed by atoms with Crippen LogP contribution in [0.2, 0.25) is 5.02 Å². The van der Waals surface area contributed by atoms with Crippen molar-refractivity contribution in [2.24, 2.45) is 7.05 Å². The molecule has 0 unspecified atom stereocenters. The van der Waals surface area contributed by atoms with Crippen LogP contribution < -0.4 is 5.32 Å². The van der Waals surface area contributed by atoms with E-state index in [2.05, 4.69) is 10.4 Å². The minimum absolute atomic E-state index is 0.354. The molecule has 0 radical (unpaired) electrons. The number of nitrogens with one attached hydrogen (secondary N) is 1. The van der Waals surface area contributed by atoms with Crippen molar-refractivity contribution in [2.75, 3.05) is 5.32 Å². The van der Waals surface area contributed by atoms with Gasteiger partial charge in [-0.3, -0.25) is 4.68 Å². The predicted molar refractivity (Wildman–Crippen MR) is 80.8 cm³/mol. The van der Waals surface area contributed by atoms with E-state index in [1.807, 2.05) is 26.1 Å². The van der Waals surface area contributed by atoms with Crippen LogP contribution >= 0.6 is 11.6 Å². The highest BCUT2D eigenvalue weighted by molar-refractivity contribution is 6.31. The molecule has 6 heteroatoms. The highest BCUT2D eigenvalue weighted by atomic mass is 35.5. The number of benzene rings is 1. The van der Waals surface area contributed by atoms with Crippen molar-refractivity contribution < 1.29 is 0 Å². The highest BCUT2D eigenvalue weighted by Crippen LogP contribution is 2.22. The molecule has 0 amide bonds. The zero-order valence-corrected chi connectivity index (χ0v) is 12.6. The first kappa shape index (κ1) is 14.9. The molecule has 1 aromatic heterocycles. The first-order valence-electron chi connectivity index (χ1n) is 6.49. The Morgan fingerprint density at radius 1 is 1.29 bits per heavy atom. The van der Waals surface area contributed by atoms with Crippen LogP contribution in [0.25, 0.3) is 0 Å². The third kappa shape index (κ3) is 2.99. The molecule has 5 nitrogen and oxygen atoms in total. The van der Waals surface area contributed by atoms with Crippen LogP contribution in [0.5, 0.6) is 0 Å². The summed E-state index contributed by atoms with van der Waals surface area (Å²) in [6, 6.07) is 9.06. The summed E-state index contributed by atoms with van der Waals surface area (Å²) < 4.78 is 1.75. The Morgan fingerprint density at radius 3 is 2.57 bits per heavy atom. The van der Waals surface area contributed by atoms with Gasteiger partial charge in [-0.25, -0.2) is 0 Å². The summed E-state index contributed by atoms with van der Waals surface area (Å²) in [5.74, 6) is 0. The van der Waals surface area contributed by atoms with E-state index in [4.69, 9.17) is 22.1 Å². The van der Waals surface area contributed by atoms with Gasteiger partial charge in [-0.15, -0.1) is 0 Å². The van der Waals surface area contributed by atoms with Gasteiger partial charge in [-0.2, -0.15) is 15.6 Å². The number of nitrogens with zero attached hydrogens (tertiary/aromatic N) is 4. The maximum absolute atomic E-state index is 9.02. The summed E-state index contributed by atoms with van der Waals surface area (Å²) in [6.07, 6.45) is 0.780. The lowest BCUT2D eigenvalue weighted by Gasteiger charge is -2.08. The quantitative estimate of drug-likeness (QED) is 0.941. The molecular formula is C15H14ClN5. The summed E-state index contributed by atoms with van der Waals surface area (Å²) >= 11 is 6.28. The lowest BCUT2D eigenvalue weighted by Crippen LogP contribution is -2.06. The van der Waals surface area contributed by atoms with Gasteiger partial charge in [-0.1, -0.05) is 18.5 Å². The molecule has 0 spiro atoms. The molecule has 1 heterocycles. The normalized spacial score (nSPS) is 9.95. The third-order valence-corrected chi connectivity index (χ3v) is 3.66. The minimum atomic E-state index is 0.354. The van der Waals surface area contributed by atoms with Gasteiger partial charge in [0, 0.05) is 12.7 Å². The van der Waals surface area contributed by atoms with Gasteiger partial charge in [0.1, 0.15) is 12.1 Å². The maximum atomic E-state index is 9.02. The fourth-order valence-electron chi connectivity index (χ4n) is 2.04. The number of aryl methyl sites for hydroxylation is 2. The number of hydrogen-bond acceptors (Lipinski definition) is 4. The summed E-state index contributed by atoms with van der Waals surface area (Å²) in [7, 11) is 1.85. The number of nitriles is 2. The maximum Gasteiger partial charge on any atom is 0.101 e. The summed E-state index contributed by atoms with van der Waals surface area (Å²) in [6.45, 7) is 2.50. The van der Waals surface area contributed by atoms with Crippen molar-refractivity contribution in [2.45, 2.75) is 19.9 Å². The second-order valence-corrected chi connectivity index (χ2v) is 4.90. The van der Waals surface area contributed by atoms with Crippen LogP contribution in [-0.4, -0.2) is 9.78 Å². The van der Waals surface area contributed by atoms with Gasteiger partial charge in [0.25, 0.3) is 0 Å². The Hall–Kier alpha value is -2.50. The topological polar surface area (TPSA) is 77.4 Å². The van der Waals surface area contributed by atoms with E-state index in [1.165, 1.54) is 0 Å². The summed E-state index contributed by atoms with van der Waals surface area (Å²) in [5.41, 5.74) is 3.24. The van der Waals surface area contributed by atoms with Crippen LogP contribution in [0, 0.1) is 22.7 Å². The van der Waals surface area contributed by atoms with Crippen molar-refractivity contribution in [3.63, 3.8) is 0 Å². The second kappa shape index (κ2) is 6.30. The Morgan fingerprint density at radius 2 is 2.00 bits per heavy atom. The van der Waals surface area contributed by atoms with Gasteiger partial charge in [0.15, 0.2) is 0 Å². The smallest absolute Gasteiger partial charge is 0.101 e. The first-order valence-corrected chi connectivity index (χ1v) is 6.86. The van der Waals surface area contributed by atoms with Gasteiger partial charge in [0.05, 0.1) is 34.1 Å². The molecule has 0 aliphatic rings. The second-order valence-electron chi connectivity index (χ2n) is 4.52. The van der Waals surface area contributed by atoms with Gasteiger partial charge in [-0.05, 0) is 24.6 Å². The van der Waals surface area contributed by atoms with Crippen LogP contribution in [0.4, 0.5) is 5.69 Å². The van der Waals surface area contributed by atoms with Crippen LogP contribution in [0.15, 0.2) is 18.2 Å². The molecular weight excluding hydrogens is 286 g/mol. The molecule has 0 atom stereocenters. The average Bonchev–Trinajstić information content (AvgIpc) is 2.78. The van der Waals surface area contributed by atoms with Crippen molar-refractivity contribution in [1.82, 2.24) is 9.78 Å². The molecule has 2 rings (SSSR count). The Kier molecular flexibility index (Phi) is 4.47. The molecule has 0 aliphatic carbocycles. The van der Waals surface area contributed by atoms with Gasteiger partial charge in [0.2, 0.25) is 0 Å². The number of aromatic nitrogens is 2. The molecule has 0 bridgehead atoms. The molecule has 0 saturated heterocycles. The van der Waals surface area contributed by atoms with E-state index in [0.29, 0.717) is 22.7 Å². The molecule has 106 valence electrons. The molecule has 0 saturated carbocycles. The van der Waals surface area contributed by atoms with E-state index >= 15 is 0 Å². The largest absolute Gasteiger partial charge is 0.379 e. The SMILES string of the molecule is CCc1nn(C)c(CNc2ccc(C#N)c(C#N)c2)c1Cl. The molecule has 1 aromatic carbocycles. The van der Waals surface area contributed by atoms with E-state index < -0.39 is 0 Å². The number of rotatable bonds is 4. The minimum Gasteiger partial charge on any atom is -0.379 e. The van der Waals surface area contributed by atoms with Crippen LogP contribution in [0.3, 0.4) is 0 Å². The van der Waals surface area contributed by atoms with Gasteiger partial charge >= 0.3 is 0 Å². The average molecular weight is 300 g/mol. The van der Waals surface area contributed by atoms with E-state index in [9.17, 15) is 0 Å².